The Hall–Kier alpha value is -0.900. The SMILES string of the molecule is COCCN(C(C)C)C(c1ccccc1C)C(C)N. The third-order valence-electron chi connectivity index (χ3n) is 3.58. The molecule has 2 N–H and O–H groups in total. The molecule has 0 aliphatic rings. The highest BCUT2D eigenvalue weighted by Gasteiger charge is 2.26. The van der Waals surface area contributed by atoms with E-state index in [1.807, 2.05) is 0 Å². The van der Waals surface area contributed by atoms with Crippen LogP contribution < -0.4 is 5.73 Å². The van der Waals surface area contributed by atoms with Gasteiger partial charge in [-0.25, -0.2) is 0 Å². The molecule has 0 radical (unpaired) electrons. The van der Waals surface area contributed by atoms with Gasteiger partial charge in [0.1, 0.15) is 0 Å². The second-order valence-electron chi connectivity index (χ2n) is 5.48. The molecule has 0 heterocycles. The molecular weight excluding hydrogens is 236 g/mol. The summed E-state index contributed by atoms with van der Waals surface area (Å²) in [6, 6.07) is 9.26. The smallest absolute Gasteiger partial charge is 0.0590 e. The van der Waals surface area contributed by atoms with E-state index in [4.69, 9.17) is 10.5 Å². The molecule has 2 unspecified atom stereocenters. The minimum absolute atomic E-state index is 0.0837. The van der Waals surface area contributed by atoms with E-state index >= 15 is 0 Å². The van der Waals surface area contributed by atoms with Crippen LogP contribution in [-0.2, 0) is 4.74 Å². The van der Waals surface area contributed by atoms with Gasteiger partial charge >= 0.3 is 0 Å². The zero-order chi connectivity index (χ0) is 14.4. The number of methoxy groups -OCH3 is 1. The number of benzene rings is 1. The lowest BCUT2D eigenvalue weighted by atomic mass is 9.94. The van der Waals surface area contributed by atoms with Crippen molar-refractivity contribution in [2.45, 2.75) is 45.8 Å². The van der Waals surface area contributed by atoms with Crippen molar-refractivity contribution >= 4 is 0 Å². The first-order valence-electron chi connectivity index (χ1n) is 7.04. The molecular formula is C16H28N2O. The molecule has 0 aliphatic heterocycles. The summed E-state index contributed by atoms with van der Waals surface area (Å²) in [4.78, 5) is 2.43. The first kappa shape index (κ1) is 16.2. The van der Waals surface area contributed by atoms with Crippen LogP contribution in [0.5, 0.6) is 0 Å². The summed E-state index contributed by atoms with van der Waals surface area (Å²) >= 11 is 0. The van der Waals surface area contributed by atoms with Crippen LogP contribution in [0.4, 0.5) is 0 Å². The van der Waals surface area contributed by atoms with Gasteiger partial charge in [-0.3, -0.25) is 4.90 Å². The highest BCUT2D eigenvalue weighted by Crippen LogP contribution is 2.27. The molecule has 0 spiro atoms. The van der Waals surface area contributed by atoms with Crippen molar-refractivity contribution < 1.29 is 4.74 Å². The molecule has 3 heteroatoms. The van der Waals surface area contributed by atoms with Crippen molar-refractivity contribution in [3.05, 3.63) is 35.4 Å². The first-order chi connectivity index (χ1) is 8.99. The summed E-state index contributed by atoms with van der Waals surface area (Å²) in [7, 11) is 1.74. The van der Waals surface area contributed by atoms with Gasteiger partial charge in [0, 0.05) is 25.7 Å². The van der Waals surface area contributed by atoms with Gasteiger partial charge in [-0.15, -0.1) is 0 Å². The van der Waals surface area contributed by atoms with Crippen LogP contribution in [0.3, 0.4) is 0 Å². The fraction of sp³-hybridized carbons (Fsp3) is 0.625. The van der Waals surface area contributed by atoms with Crippen molar-refractivity contribution in [2.24, 2.45) is 5.73 Å². The molecule has 19 heavy (non-hydrogen) atoms. The number of nitrogens with zero attached hydrogens (tertiary/aromatic N) is 1. The number of ether oxygens (including phenoxy) is 1. The van der Waals surface area contributed by atoms with E-state index in [-0.39, 0.29) is 12.1 Å². The van der Waals surface area contributed by atoms with E-state index < -0.39 is 0 Å². The molecule has 0 fully saturated rings. The number of aryl methyl sites for hydroxylation is 1. The molecule has 0 aliphatic carbocycles. The Labute approximate surface area is 117 Å². The highest BCUT2D eigenvalue weighted by atomic mass is 16.5. The normalized spacial score (nSPS) is 14.9. The topological polar surface area (TPSA) is 38.5 Å². The average molecular weight is 264 g/mol. The molecule has 1 aromatic carbocycles. The lowest BCUT2D eigenvalue weighted by molar-refractivity contribution is 0.0861. The molecule has 108 valence electrons. The summed E-state index contributed by atoms with van der Waals surface area (Å²) in [6.45, 7) is 10.3. The zero-order valence-corrected chi connectivity index (χ0v) is 12.9. The lowest BCUT2D eigenvalue weighted by Gasteiger charge is -2.38. The lowest BCUT2D eigenvalue weighted by Crippen LogP contribution is -2.45. The van der Waals surface area contributed by atoms with E-state index in [9.17, 15) is 0 Å². The number of rotatable bonds is 7. The van der Waals surface area contributed by atoms with Crippen LogP contribution >= 0.6 is 0 Å². The molecule has 1 aromatic rings. The summed E-state index contributed by atoms with van der Waals surface area (Å²) in [6.07, 6.45) is 0. The second-order valence-corrected chi connectivity index (χ2v) is 5.48. The third kappa shape index (κ3) is 4.30. The van der Waals surface area contributed by atoms with Gasteiger partial charge in [-0.1, -0.05) is 24.3 Å². The molecule has 1 rings (SSSR count). The first-order valence-corrected chi connectivity index (χ1v) is 7.04. The Balaban J connectivity index is 3.07. The van der Waals surface area contributed by atoms with Gasteiger partial charge < -0.3 is 10.5 Å². The van der Waals surface area contributed by atoms with Crippen LogP contribution in [0.25, 0.3) is 0 Å². The molecule has 0 saturated carbocycles. The fourth-order valence-corrected chi connectivity index (χ4v) is 2.60. The van der Waals surface area contributed by atoms with Crippen molar-refractivity contribution in [2.75, 3.05) is 20.3 Å². The Kier molecular flexibility index (Phi) is 6.49. The Bertz CT molecular complexity index is 377. The zero-order valence-electron chi connectivity index (χ0n) is 12.9. The highest BCUT2D eigenvalue weighted by molar-refractivity contribution is 5.30. The summed E-state index contributed by atoms with van der Waals surface area (Å²) in [5.41, 5.74) is 8.89. The number of hydrogen-bond donors (Lipinski definition) is 1. The monoisotopic (exact) mass is 264 g/mol. The maximum absolute atomic E-state index is 6.27. The van der Waals surface area contributed by atoms with Gasteiger partial charge in [0.2, 0.25) is 0 Å². The van der Waals surface area contributed by atoms with Crippen molar-refractivity contribution in [1.29, 1.82) is 0 Å². The minimum Gasteiger partial charge on any atom is -0.383 e. The largest absolute Gasteiger partial charge is 0.383 e. The summed E-state index contributed by atoms with van der Waals surface area (Å²) < 4.78 is 5.24. The van der Waals surface area contributed by atoms with Crippen LogP contribution in [-0.4, -0.2) is 37.2 Å². The quantitative estimate of drug-likeness (QED) is 0.823. The van der Waals surface area contributed by atoms with E-state index in [0.29, 0.717) is 6.04 Å². The van der Waals surface area contributed by atoms with Crippen LogP contribution in [0.15, 0.2) is 24.3 Å². The number of nitrogens with two attached hydrogens (primary N) is 1. The van der Waals surface area contributed by atoms with Crippen LogP contribution in [0.2, 0.25) is 0 Å². The van der Waals surface area contributed by atoms with Crippen LogP contribution in [0, 0.1) is 6.92 Å². The predicted octanol–water partition coefficient (Wildman–Crippen LogP) is 2.74. The van der Waals surface area contributed by atoms with E-state index in [2.05, 4.69) is 56.9 Å². The van der Waals surface area contributed by atoms with Gasteiger partial charge in [-0.2, -0.15) is 0 Å². The third-order valence-corrected chi connectivity index (χ3v) is 3.58. The van der Waals surface area contributed by atoms with Crippen molar-refractivity contribution in [3.63, 3.8) is 0 Å². The maximum Gasteiger partial charge on any atom is 0.0590 e. The number of hydrogen-bond acceptors (Lipinski definition) is 3. The van der Waals surface area contributed by atoms with Gasteiger partial charge in [0.25, 0.3) is 0 Å². The molecule has 0 aromatic heterocycles. The van der Waals surface area contributed by atoms with Crippen molar-refractivity contribution in [1.82, 2.24) is 4.90 Å². The minimum atomic E-state index is 0.0837. The molecule has 0 amide bonds. The standard InChI is InChI=1S/C16H28N2O/c1-12(2)18(10-11-19-5)16(14(4)17)15-9-7-6-8-13(15)3/h6-9,12,14,16H,10-11,17H2,1-5H3. The van der Waals surface area contributed by atoms with E-state index in [0.717, 1.165) is 13.2 Å². The maximum atomic E-state index is 6.27. The Morgan fingerprint density at radius 3 is 2.32 bits per heavy atom. The van der Waals surface area contributed by atoms with Gasteiger partial charge in [0.05, 0.1) is 12.6 Å². The molecule has 0 bridgehead atoms. The fourth-order valence-electron chi connectivity index (χ4n) is 2.60. The molecule has 3 nitrogen and oxygen atoms in total. The Morgan fingerprint density at radius 2 is 1.84 bits per heavy atom. The molecule has 0 saturated heterocycles. The van der Waals surface area contributed by atoms with E-state index in [1.54, 1.807) is 7.11 Å². The average Bonchev–Trinajstić information content (AvgIpc) is 2.35. The van der Waals surface area contributed by atoms with Crippen LogP contribution in [0.1, 0.15) is 37.9 Å². The van der Waals surface area contributed by atoms with E-state index in [1.165, 1.54) is 11.1 Å². The van der Waals surface area contributed by atoms with Crippen molar-refractivity contribution in [3.8, 4) is 0 Å². The van der Waals surface area contributed by atoms with Gasteiger partial charge in [-0.05, 0) is 38.8 Å². The second kappa shape index (κ2) is 7.63. The summed E-state index contributed by atoms with van der Waals surface area (Å²) in [5.74, 6) is 0. The Morgan fingerprint density at radius 1 is 1.21 bits per heavy atom. The molecule has 2 atom stereocenters. The van der Waals surface area contributed by atoms with Gasteiger partial charge in [0.15, 0.2) is 0 Å². The summed E-state index contributed by atoms with van der Waals surface area (Å²) in [5, 5.41) is 0. The predicted molar refractivity (Wildman–Crippen MR) is 81.3 cm³/mol.